The highest BCUT2D eigenvalue weighted by Crippen LogP contribution is 2.45. The van der Waals surface area contributed by atoms with E-state index in [4.69, 9.17) is 0 Å². The van der Waals surface area contributed by atoms with Crippen molar-refractivity contribution in [3.8, 4) is 0 Å². The zero-order valence-electron chi connectivity index (χ0n) is 12.0. The number of halogens is 1. The second-order valence-corrected chi connectivity index (χ2v) is 6.85. The summed E-state index contributed by atoms with van der Waals surface area (Å²) in [6, 6.07) is 16.1. The van der Waals surface area contributed by atoms with E-state index < -0.39 is 5.54 Å². The van der Waals surface area contributed by atoms with Crippen LogP contribution in [0.4, 0.5) is 0 Å². The van der Waals surface area contributed by atoms with Gasteiger partial charge in [0.1, 0.15) is 0 Å². The minimum absolute atomic E-state index is 0.0430. The van der Waals surface area contributed by atoms with Gasteiger partial charge in [-0.3, -0.25) is 4.79 Å². The SMILES string of the molecule is O=C1c2ccccc2CC[C@]12N=NC[C@@H]2c1ccc(Br)cc1. The molecule has 0 unspecified atom stereocenters. The Kier molecular flexibility index (Phi) is 3.22. The molecule has 22 heavy (non-hydrogen) atoms. The van der Waals surface area contributed by atoms with Crippen molar-refractivity contribution in [3.63, 3.8) is 0 Å². The van der Waals surface area contributed by atoms with Crippen molar-refractivity contribution in [3.05, 3.63) is 69.7 Å². The molecule has 3 nitrogen and oxygen atoms in total. The first-order valence-corrected chi connectivity index (χ1v) is 8.27. The lowest BCUT2D eigenvalue weighted by Crippen LogP contribution is -2.44. The molecule has 0 saturated heterocycles. The summed E-state index contributed by atoms with van der Waals surface area (Å²) in [5, 5.41) is 8.71. The van der Waals surface area contributed by atoms with Gasteiger partial charge in [-0.2, -0.15) is 10.2 Å². The van der Waals surface area contributed by atoms with Gasteiger partial charge in [-0.1, -0.05) is 52.3 Å². The smallest absolute Gasteiger partial charge is 0.193 e. The molecule has 1 heterocycles. The molecule has 4 rings (SSSR count). The summed E-state index contributed by atoms with van der Waals surface area (Å²) in [5.74, 6) is 0.171. The summed E-state index contributed by atoms with van der Waals surface area (Å²) < 4.78 is 1.04. The minimum atomic E-state index is -0.706. The number of Topliss-reactive ketones (excluding diaryl/α,β-unsaturated/α-hetero) is 1. The Morgan fingerprint density at radius 2 is 1.86 bits per heavy atom. The number of carbonyl (C=O) groups is 1. The van der Waals surface area contributed by atoms with Crippen molar-refractivity contribution >= 4 is 21.7 Å². The Balaban J connectivity index is 1.78. The van der Waals surface area contributed by atoms with E-state index in [-0.39, 0.29) is 11.7 Å². The van der Waals surface area contributed by atoms with Crippen LogP contribution in [-0.4, -0.2) is 17.9 Å². The Hall–Kier alpha value is -1.81. The summed E-state index contributed by atoms with van der Waals surface area (Å²) in [7, 11) is 0. The highest BCUT2D eigenvalue weighted by Gasteiger charge is 2.51. The van der Waals surface area contributed by atoms with E-state index in [1.165, 1.54) is 0 Å². The van der Waals surface area contributed by atoms with Crippen molar-refractivity contribution in [1.82, 2.24) is 0 Å². The van der Waals surface area contributed by atoms with Crippen molar-refractivity contribution in [2.24, 2.45) is 10.2 Å². The third kappa shape index (κ3) is 1.97. The highest BCUT2D eigenvalue weighted by atomic mass is 79.9. The number of rotatable bonds is 1. The molecule has 2 aliphatic rings. The molecule has 0 amide bonds. The zero-order chi connectivity index (χ0) is 15.2. The van der Waals surface area contributed by atoms with E-state index in [9.17, 15) is 4.79 Å². The second kappa shape index (κ2) is 5.13. The van der Waals surface area contributed by atoms with Gasteiger partial charge in [-0.25, -0.2) is 0 Å². The number of fused-ring (bicyclic) bond motifs is 1. The van der Waals surface area contributed by atoms with Crippen LogP contribution in [0.5, 0.6) is 0 Å². The predicted octanol–water partition coefficient (Wildman–Crippen LogP) is 4.57. The molecule has 0 radical (unpaired) electrons. The van der Waals surface area contributed by atoms with Gasteiger partial charge in [-0.15, -0.1) is 0 Å². The number of azo groups is 1. The van der Waals surface area contributed by atoms with Gasteiger partial charge in [0, 0.05) is 16.0 Å². The molecule has 2 atom stereocenters. The lowest BCUT2D eigenvalue weighted by atomic mass is 9.68. The van der Waals surface area contributed by atoms with Gasteiger partial charge in [0.25, 0.3) is 0 Å². The molecule has 0 saturated carbocycles. The third-order valence-electron chi connectivity index (χ3n) is 4.79. The number of hydrogen-bond acceptors (Lipinski definition) is 3. The summed E-state index contributed by atoms with van der Waals surface area (Å²) in [4.78, 5) is 13.1. The lowest BCUT2D eigenvalue weighted by molar-refractivity contribution is 0.0853. The van der Waals surface area contributed by atoms with Gasteiger partial charge in [0.05, 0.1) is 6.54 Å². The maximum Gasteiger partial charge on any atom is 0.193 e. The van der Waals surface area contributed by atoms with Crippen LogP contribution in [0, 0.1) is 0 Å². The van der Waals surface area contributed by atoms with Crippen LogP contribution in [0.2, 0.25) is 0 Å². The lowest BCUT2D eigenvalue weighted by Gasteiger charge is -2.34. The van der Waals surface area contributed by atoms with Gasteiger partial charge < -0.3 is 0 Å². The molecule has 1 spiro atoms. The summed E-state index contributed by atoms with van der Waals surface area (Å²) in [6.07, 6.45) is 1.63. The zero-order valence-corrected chi connectivity index (χ0v) is 13.6. The fraction of sp³-hybridized carbons (Fsp3) is 0.278. The first kappa shape index (κ1) is 13.8. The molecule has 2 aromatic carbocycles. The Morgan fingerprint density at radius 3 is 2.68 bits per heavy atom. The molecule has 2 aromatic rings. The van der Waals surface area contributed by atoms with E-state index in [1.54, 1.807) is 0 Å². The maximum atomic E-state index is 13.1. The number of ketones is 1. The van der Waals surface area contributed by atoms with E-state index in [1.807, 2.05) is 36.4 Å². The fourth-order valence-electron chi connectivity index (χ4n) is 3.61. The molecular weight excluding hydrogens is 340 g/mol. The Morgan fingerprint density at radius 1 is 1.09 bits per heavy atom. The highest BCUT2D eigenvalue weighted by molar-refractivity contribution is 9.10. The minimum Gasteiger partial charge on any atom is -0.291 e. The van der Waals surface area contributed by atoms with E-state index in [0.29, 0.717) is 6.54 Å². The largest absolute Gasteiger partial charge is 0.291 e. The predicted molar refractivity (Wildman–Crippen MR) is 88.4 cm³/mol. The molecule has 110 valence electrons. The molecule has 0 bridgehead atoms. The van der Waals surface area contributed by atoms with Gasteiger partial charge in [0.2, 0.25) is 0 Å². The standard InChI is InChI=1S/C18H15BrN2O/c19-14-7-5-13(6-8-14)16-11-20-21-18(16)10-9-12-3-1-2-4-15(12)17(18)22/h1-8,16H,9-11H2/t16-,18-/m1/s1. The first-order valence-electron chi connectivity index (χ1n) is 7.47. The van der Waals surface area contributed by atoms with Crippen molar-refractivity contribution < 1.29 is 4.79 Å². The third-order valence-corrected chi connectivity index (χ3v) is 5.32. The van der Waals surface area contributed by atoms with Crippen LogP contribution < -0.4 is 0 Å². The number of aryl methyl sites for hydroxylation is 1. The van der Waals surface area contributed by atoms with Crippen LogP contribution in [0.25, 0.3) is 0 Å². The van der Waals surface area contributed by atoms with Crippen LogP contribution in [0.3, 0.4) is 0 Å². The van der Waals surface area contributed by atoms with Gasteiger partial charge >= 0.3 is 0 Å². The van der Waals surface area contributed by atoms with E-state index in [2.05, 4.69) is 38.3 Å². The first-order chi connectivity index (χ1) is 10.7. The fourth-order valence-corrected chi connectivity index (χ4v) is 3.87. The van der Waals surface area contributed by atoms with Crippen molar-refractivity contribution in [1.29, 1.82) is 0 Å². The molecule has 0 fully saturated rings. The van der Waals surface area contributed by atoms with E-state index >= 15 is 0 Å². The Bertz CT molecular complexity index is 769. The van der Waals surface area contributed by atoms with Crippen molar-refractivity contribution in [2.45, 2.75) is 24.3 Å². The monoisotopic (exact) mass is 354 g/mol. The number of hydrogen-bond donors (Lipinski definition) is 0. The summed E-state index contributed by atoms with van der Waals surface area (Å²) >= 11 is 3.46. The summed E-state index contributed by atoms with van der Waals surface area (Å²) in [6.45, 7) is 0.593. The van der Waals surface area contributed by atoms with Gasteiger partial charge in [0.15, 0.2) is 11.3 Å². The van der Waals surface area contributed by atoms with E-state index in [0.717, 1.165) is 34.0 Å². The van der Waals surface area contributed by atoms with Crippen molar-refractivity contribution in [2.75, 3.05) is 6.54 Å². The summed E-state index contributed by atoms with van der Waals surface area (Å²) in [5.41, 5.74) is 2.38. The van der Waals surface area contributed by atoms with Crippen LogP contribution >= 0.6 is 15.9 Å². The Labute approximate surface area is 137 Å². The number of nitrogens with zero attached hydrogens (tertiary/aromatic N) is 2. The molecule has 0 N–H and O–H groups in total. The quantitative estimate of drug-likeness (QED) is 0.739. The topological polar surface area (TPSA) is 41.8 Å². The average molecular weight is 355 g/mol. The molecule has 4 heteroatoms. The molecule has 1 aliphatic carbocycles. The number of benzene rings is 2. The van der Waals surface area contributed by atoms with Crippen LogP contribution in [0.15, 0.2) is 63.2 Å². The van der Waals surface area contributed by atoms with Crippen LogP contribution in [-0.2, 0) is 6.42 Å². The average Bonchev–Trinajstić information content (AvgIpc) is 2.97. The molecule has 0 aromatic heterocycles. The van der Waals surface area contributed by atoms with Gasteiger partial charge in [-0.05, 0) is 36.1 Å². The molecule has 1 aliphatic heterocycles. The second-order valence-electron chi connectivity index (χ2n) is 5.94. The normalized spacial score (nSPS) is 26.4. The maximum absolute atomic E-state index is 13.1. The van der Waals surface area contributed by atoms with Crippen LogP contribution in [0.1, 0.15) is 33.8 Å². The molecular formula is C18H15BrN2O. The number of carbonyl (C=O) groups excluding carboxylic acids is 1.